The first-order chi connectivity index (χ1) is 6.68. The van der Waals surface area contributed by atoms with Gasteiger partial charge in [0.2, 0.25) is 0 Å². The Morgan fingerprint density at radius 1 is 1.29 bits per heavy atom. The summed E-state index contributed by atoms with van der Waals surface area (Å²) < 4.78 is 1.56. The van der Waals surface area contributed by atoms with Crippen molar-refractivity contribution in [2.45, 2.75) is 0 Å². The van der Waals surface area contributed by atoms with Gasteiger partial charge >= 0.3 is 0 Å². The summed E-state index contributed by atoms with van der Waals surface area (Å²) >= 11 is 0. The SMILES string of the molecule is Cn1ncc(O)c1-c1cccc(O)c1. The highest BCUT2D eigenvalue weighted by Crippen LogP contribution is 2.29. The van der Waals surface area contributed by atoms with Crippen LogP contribution >= 0.6 is 0 Å². The lowest BCUT2D eigenvalue weighted by Crippen LogP contribution is -1.92. The average molecular weight is 190 g/mol. The normalized spacial score (nSPS) is 10.4. The van der Waals surface area contributed by atoms with Crippen molar-refractivity contribution in [3.05, 3.63) is 30.5 Å². The van der Waals surface area contributed by atoms with Crippen molar-refractivity contribution in [1.82, 2.24) is 9.78 Å². The summed E-state index contributed by atoms with van der Waals surface area (Å²) in [5.41, 5.74) is 1.34. The molecule has 0 bridgehead atoms. The van der Waals surface area contributed by atoms with Crippen molar-refractivity contribution in [3.8, 4) is 22.8 Å². The van der Waals surface area contributed by atoms with Gasteiger partial charge in [-0.2, -0.15) is 5.10 Å². The summed E-state index contributed by atoms with van der Waals surface area (Å²) in [6, 6.07) is 6.68. The molecule has 1 aromatic carbocycles. The third-order valence-electron chi connectivity index (χ3n) is 2.04. The monoisotopic (exact) mass is 190 g/mol. The molecule has 0 saturated heterocycles. The smallest absolute Gasteiger partial charge is 0.161 e. The molecule has 4 nitrogen and oxygen atoms in total. The van der Waals surface area contributed by atoms with E-state index in [9.17, 15) is 10.2 Å². The number of phenols is 1. The topological polar surface area (TPSA) is 58.3 Å². The number of hydrogen-bond acceptors (Lipinski definition) is 3. The lowest BCUT2D eigenvalue weighted by molar-refractivity contribution is 0.474. The molecule has 0 saturated carbocycles. The Labute approximate surface area is 81.0 Å². The van der Waals surface area contributed by atoms with Crippen LogP contribution in [0, 0.1) is 0 Å². The number of benzene rings is 1. The van der Waals surface area contributed by atoms with Gasteiger partial charge in [0.05, 0.1) is 6.20 Å². The van der Waals surface area contributed by atoms with E-state index in [0.717, 1.165) is 5.56 Å². The van der Waals surface area contributed by atoms with E-state index in [-0.39, 0.29) is 11.5 Å². The Morgan fingerprint density at radius 2 is 2.07 bits per heavy atom. The standard InChI is InChI=1S/C10H10N2O2/c1-12-10(9(14)6-11-12)7-3-2-4-8(13)5-7/h2-6,13-14H,1H3. The molecule has 2 N–H and O–H groups in total. The Kier molecular flexibility index (Phi) is 1.89. The second-order valence-corrected chi connectivity index (χ2v) is 3.05. The minimum absolute atomic E-state index is 0.109. The third kappa shape index (κ3) is 1.31. The van der Waals surface area contributed by atoms with Crippen LogP contribution < -0.4 is 0 Å². The van der Waals surface area contributed by atoms with Crippen LogP contribution in [-0.2, 0) is 7.05 Å². The maximum Gasteiger partial charge on any atom is 0.161 e. The fourth-order valence-corrected chi connectivity index (χ4v) is 1.41. The molecule has 0 spiro atoms. The Morgan fingerprint density at radius 3 is 2.64 bits per heavy atom. The average Bonchev–Trinajstić information content (AvgIpc) is 2.46. The first-order valence-corrected chi connectivity index (χ1v) is 4.19. The van der Waals surface area contributed by atoms with Gasteiger partial charge in [-0.05, 0) is 12.1 Å². The molecule has 0 aliphatic carbocycles. The Hall–Kier alpha value is -1.97. The largest absolute Gasteiger partial charge is 0.508 e. The van der Waals surface area contributed by atoms with E-state index in [4.69, 9.17) is 0 Å². The maximum absolute atomic E-state index is 9.51. The Bertz CT molecular complexity index is 443. The van der Waals surface area contributed by atoms with Gasteiger partial charge in [0.1, 0.15) is 11.4 Å². The van der Waals surface area contributed by atoms with Crippen LogP contribution in [0.3, 0.4) is 0 Å². The number of rotatable bonds is 1. The number of aryl methyl sites for hydroxylation is 1. The van der Waals surface area contributed by atoms with Crippen LogP contribution in [0.2, 0.25) is 0 Å². The quantitative estimate of drug-likeness (QED) is 0.716. The Balaban J connectivity index is 2.59. The van der Waals surface area contributed by atoms with Crippen molar-refractivity contribution in [1.29, 1.82) is 0 Å². The summed E-state index contributed by atoms with van der Waals surface area (Å²) in [5, 5.41) is 22.7. The van der Waals surface area contributed by atoms with E-state index in [2.05, 4.69) is 5.10 Å². The fourth-order valence-electron chi connectivity index (χ4n) is 1.41. The molecule has 0 amide bonds. The molecule has 2 rings (SSSR count). The highest BCUT2D eigenvalue weighted by molar-refractivity contribution is 5.67. The molecule has 1 heterocycles. The number of nitrogens with zero attached hydrogens (tertiary/aromatic N) is 2. The summed E-state index contributed by atoms with van der Waals surface area (Å²) in [6.45, 7) is 0. The summed E-state index contributed by atoms with van der Waals surface area (Å²) in [7, 11) is 1.74. The summed E-state index contributed by atoms with van der Waals surface area (Å²) in [5.74, 6) is 0.279. The number of hydrogen-bond donors (Lipinski definition) is 2. The third-order valence-corrected chi connectivity index (χ3v) is 2.04. The summed E-state index contributed by atoms with van der Waals surface area (Å²) in [4.78, 5) is 0. The van der Waals surface area contributed by atoms with Crippen LogP contribution in [0.15, 0.2) is 30.5 Å². The molecule has 0 fully saturated rings. The van der Waals surface area contributed by atoms with Gasteiger partial charge in [-0.3, -0.25) is 4.68 Å². The van der Waals surface area contributed by atoms with Crippen LogP contribution in [0.4, 0.5) is 0 Å². The van der Waals surface area contributed by atoms with Gasteiger partial charge in [0.15, 0.2) is 5.75 Å². The first-order valence-electron chi connectivity index (χ1n) is 4.19. The minimum atomic E-state index is 0.109. The van der Waals surface area contributed by atoms with E-state index in [0.29, 0.717) is 5.69 Å². The molecule has 1 aromatic heterocycles. The van der Waals surface area contributed by atoms with Gasteiger partial charge in [-0.25, -0.2) is 0 Å². The predicted octanol–water partition coefficient (Wildman–Crippen LogP) is 1.50. The van der Waals surface area contributed by atoms with Gasteiger partial charge in [-0.1, -0.05) is 12.1 Å². The molecule has 72 valence electrons. The van der Waals surface area contributed by atoms with Crippen molar-refractivity contribution in [2.24, 2.45) is 7.05 Å². The van der Waals surface area contributed by atoms with Crippen LogP contribution in [0.5, 0.6) is 11.5 Å². The van der Waals surface area contributed by atoms with E-state index >= 15 is 0 Å². The maximum atomic E-state index is 9.51. The molecule has 2 aromatic rings. The number of phenolic OH excluding ortho intramolecular Hbond substituents is 1. The first kappa shape index (κ1) is 8.62. The molecule has 0 aliphatic rings. The lowest BCUT2D eigenvalue weighted by Gasteiger charge is -2.02. The zero-order valence-corrected chi connectivity index (χ0v) is 7.68. The number of aromatic hydroxyl groups is 2. The van der Waals surface area contributed by atoms with Crippen molar-refractivity contribution in [3.63, 3.8) is 0 Å². The van der Waals surface area contributed by atoms with Crippen LogP contribution in [0.1, 0.15) is 0 Å². The molecule has 0 unspecified atom stereocenters. The van der Waals surface area contributed by atoms with E-state index in [1.165, 1.54) is 6.20 Å². The van der Waals surface area contributed by atoms with E-state index < -0.39 is 0 Å². The highest BCUT2D eigenvalue weighted by atomic mass is 16.3. The van der Waals surface area contributed by atoms with Gasteiger partial charge < -0.3 is 10.2 Å². The van der Waals surface area contributed by atoms with Crippen molar-refractivity contribution >= 4 is 0 Å². The van der Waals surface area contributed by atoms with Gasteiger partial charge in [-0.15, -0.1) is 0 Å². The predicted molar refractivity (Wildman–Crippen MR) is 52.0 cm³/mol. The molecule has 0 radical (unpaired) electrons. The molecular formula is C10H10N2O2. The molecule has 4 heteroatoms. The zero-order chi connectivity index (χ0) is 10.1. The minimum Gasteiger partial charge on any atom is -0.508 e. The van der Waals surface area contributed by atoms with Gasteiger partial charge in [0, 0.05) is 12.6 Å². The van der Waals surface area contributed by atoms with Crippen molar-refractivity contribution < 1.29 is 10.2 Å². The zero-order valence-electron chi connectivity index (χ0n) is 7.68. The second-order valence-electron chi connectivity index (χ2n) is 3.05. The van der Waals surface area contributed by atoms with Crippen LogP contribution in [0.25, 0.3) is 11.3 Å². The van der Waals surface area contributed by atoms with E-state index in [1.807, 2.05) is 0 Å². The van der Waals surface area contributed by atoms with Crippen molar-refractivity contribution in [2.75, 3.05) is 0 Å². The molecule has 14 heavy (non-hydrogen) atoms. The fraction of sp³-hybridized carbons (Fsp3) is 0.100. The van der Waals surface area contributed by atoms with E-state index in [1.54, 1.807) is 36.0 Å². The molecule has 0 atom stereocenters. The molecular weight excluding hydrogens is 180 g/mol. The van der Waals surface area contributed by atoms with Crippen LogP contribution in [-0.4, -0.2) is 20.0 Å². The number of aromatic nitrogens is 2. The highest BCUT2D eigenvalue weighted by Gasteiger charge is 2.09. The lowest BCUT2D eigenvalue weighted by atomic mass is 10.1. The summed E-state index contributed by atoms with van der Waals surface area (Å²) in [6.07, 6.45) is 1.37. The molecule has 0 aliphatic heterocycles. The second kappa shape index (κ2) is 3.06. The van der Waals surface area contributed by atoms with Gasteiger partial charge in [0.25, 0.3) is 0 Å².